The lowest BCUT2D eigenvalue weighted by atomic mass is 9.84. The number of ketones is 2. The fraction of sp³-hybridized carbons (Fsp3) is 0.636. The second-order valence-corrected chi connectivity index (χ2v) is 4.04. The van der Waals surface area contributed by atoms with Crippen LogP contribution < -0.4 is 0 Å². The number of hydrogen-bond donors (Lipinski definition) is 0. The standard InChI is InChI=1S/C11H14O4/c1-6(12)10(7(2)13)9-4-3-8-5-14-11(9)15-8/h3-4,8-11H,5H2,1-2H3/t8-,9-,11+/m0/s1. The third-order valence-corrected chi connectivity index (χ3v) is 2.86. The predicted octanol–water partition coefficient (Wildman–Crippen LogP) is 0.708. The lowest BCUT2D eigenvalue weighted by molar-refractivity contribution is -0.143. The van der Waals surface area contributed by atoms with Crippen molar-refractivity contribution in [3.63, 3.8) is 0 Å². The maximum absolute atomic E-state index is 11.4. The highest BCUT2D eigenvalue weighted by Gasteiger charge is 2.41. The van der Waals surface area contributed by atoms with Gasteiger partial charge in [0.15, 0.2) is 6.29 Å². The Kier molecular flexibility index (Phi) is 2.71. The topological polar surface area (TPSA) is 52.6 Å². The number of hydrogen-bond acceptors (Lipinski definition) is 4. The molecule has 0 aromatic carbocycles. The van der Waals surface area contributed by atoms with Crippen LogP contribution in [0.5, 0.6) is 0 Å². The number of carbonyl (C=O) groups excluding carboxylic acids is 2. The van der Waals surface area contributed by atoms with Crippen molar-refractivity contribution in [2.75, 3.05) is 6.61 Å². The first kappa shape index (κ1) is 10.5. The van der Waals surface area contributed by atoms with Gasteiger partial charge in [-0.15, -0.1) is 0 Å². The van der Waals surface area contributed by atoms with Crippen LogP contribution >= 0.6 is 0 Å². The molecule has 0 spiro atoms. The van der Waals surface area contributed by atoms with Crippen LogP contribution in [0.25, 0.3) is 0 Å². The molecule has 0 saturated carbocycles. The summed E-state index contributed by atoms with van der Waals surface area (Å²) in [5.41, 5.74) is 0. The summed E-state index contributed by atoms with van der Waals surface area (Å²) in [6.45, 7) is 3.38. The van der Waals surface area contributed by atoms with E-state index < -0.39 is 12.2 Å². The second-order valence-electron chi connectivity index (χ2n) is 4.04. The van der Waals surface area contributed by atoms with Crippen molar-refractivity contribution < 1.29 is 19.1 Å². The zero-order valence-corrected chi connectivity index (χ0v) is 8.80. The lowest BCUT2D eigenvalue weighted by Crippen LogP contribution is -2.37. The number of Topliss-reactive ketones (excluding diaryl/α,β-unsaturated/α-hetero) is 2. The quantitative estimate of drug-likeness (QED) is 0.508. The summed E-state index contributed by atoms with van der Waals surface area (Å²) in [5.74, 6) is -1.16. The largest absolute Gasteiger partial charge is 0.349 e. The molecule has 2 aliphatic heterocycles. The van der Waals surface area contributed by atoms with Gasteiger partial charge in [-0.3, -0.25) is 9.59 Å². The SMILES string of the molecule is CC(=O)C(C(C)=O)[C@@H]1C=C[C@H]2CO[C@@H]1O2. The van der Waals surface area contributed by atoms with Crippen LogP contribution in [-0.4, -0.2) is 30.6 Å². The van der Waals surface area contributed by atoms with Crippen molar-refractivity contribution in [2.45, 2.75) is 26.2 Å². The molecule has 4 heteroatoms. The number of ether oxygens (including phenoxy) is 2. The first-order valence-electron chi connectivity index (χ1n) is 5.06. The maximum atomic E-state index is 11.4. The number of rotatable bonds is 3. The average Bonchev–Trinajstić information content (AvgIpc) is 2.52. The molecular formula is C11H14O4. The highest BCUT2D eigenvalue weighted by atomic mass is 16.7. The van der Waals surface area contributed by atoms with Gasteiger partial charge in [0.25, 0.3) is 0 Å². The second kappa shape index (κ2) is 3.87. The Labute approximate surface area is 88.2 Å². The van der Waals surface area contributed by atoms with E-state index >= 15 is 0 Å². The fourth-order valence-electron chi connectivity index (χ4n) is 2.18. The summed E-state index contributed by atoms with van der Waals surface area (Å²) in [7, 11) is 0. The molecule has 0 aromatic heterocycles. The minimum Gasteiger partial charge on any atom is -0.349 e. The van der Waals surface area contributed by atoms with E-state index in [4.69, 9.17) is 9.47 Å². The molecule has 2 aliphatic rings. The molecule has 0 aromatic rings. The maximum Gasteiger partial charge on any atom is 0.165 e. The smallest absolute Gasteiger partial charge is 0.165 e. The molecule has 3 atom stereocenters. The van der Waals surface area contributed by atoms with Crippen molar-refractivity contribution in [1.29, 1.82) is 0 Å². The van der Waals surface area contributed by atoms with Gasteiger partial charge >= 0.3 is 0 Å². The zero-order valence-electron chi connectivity index (χ0n) is 8.80. The average molecular weight is 210 g/mol. The Hall–Kier alpha value is -1.00. The van der Waals surface area contributed by atoms with Gasteiger partial charge in [0, 0.05) is 5.92 Å². The van der Waals surface area contributed by atoms with Crippen molar-refractivity contribution >= 4 is 11.6 Å². The van der Waals surface area contributed by atoms with Gasteiger partial charge in [-0.1, -0.05) is 12.2 Å². The van der Waals surface area contributed by atoms with Gasteiger partial charge in [0.2, 0.25) is 0 Å². The van der Waals surface area contributed by atoms with E-state index in [2.05, 4.69) is 0 Å². The molecule has 0 radical (unpaired) electrons. The van der Waals surface area contributed by atoms with Crippen LogP contribution in [0.3, 0.4) is 0 Å². The highest BCUT2D eigenvalue weighted by Crippen LogP contribution is 2.32. The van der Waals surface area contributed by atoms with Gasteiger partial charge in [-0.2, -0.15) is 0 Å². The summed E-state index contributed by atoms with van der Waals surface area (Å²) in [6, 6.07) is 0. The van der Waals surface area contributed by atoms with E-state index in [1.807, 2.05) is 12.2 Å². The van der Waals surface area contributed by atoms with E-state index in [1.54, 1.807) is 0 Å². The van der Waals surface area contributed by atoms with Gasteiger partial charge in [0.1, 0.15) is 17.7 Å². The molecule has 0 unspecified atom stereocenters. The van der Waals surface area contributed by atoms with Gasteiger partial charge in [-0.25, -0.2) is 0 Å². The summed E-state index contributed by atoms with van der Waals surface area (Å²) in [6.07, 6.45) is 3.30. The monoisotopic (exact) mass is 210 g/mol. The molecule has 0 aliphatic carbocycles. The van der Waals surface area contributed by atoms with Crippen LogP contribution in [0.2, 0.25) is 0 Å². The van der Waals surface area contributed by atoms with Crippen molar-refractivity contribution in [2.24, 2.45) is 11.8 Å². The Morgan fingerprint density at radius 1 is 1.27 bits per heavy atom. The Morgan fingerprint density at radius 3 is 2.53 bits per heavy atom. The molecule has 15 heavy (non-hydrogen) atoms. The first-order chi connectivity index (χ1) is 7.09. The van der Waals surface area contributed by atoms with Gasteiger partial charge < -0.3 is 9.47 Å². The van der Waals surface area contributed by atoms with E-state index in [0.717, 1.165) is 0 Å². The molecule has 0 N–H and O–H groups in total. The lowest BCUT2D eigenvalue weighted by Gasteiger charge is -2.27. The Morgan fingerprint density at radius 2 is 1.93 bits per heavy atom. The van der Waals surface area contributed by atoms with Crippen LogP contribution in [0.4, 0.5) is 0 Å². The minimum atomic E-state index is -0.634. The summed E-state index contributed by atoms with van der Waals surface area (Å²) in [4.78, 5) is 22.8. The number of fused-ring (bicyclic) bond motifs is 2. The minimum absolute atomic E-state index is 0.00850. The normalized spacial score (nSPS) is 33.4. The molecule has 2 bridgehead atoms. The Balaban J connectivity index is 2.21. The number of carbonyl (C=O) groups is 2. The molecule has 0 amide bonds. The van der Waals surface area contributed by atoms with Crippen LogP contribution in [-0.2, 0) is 19.1 Å². The highest BCUT2D eigenvalue weighted by molar-refractivity contribution is 6.00. The van der Waals surface area contributed by atoms with Gasteiger partial charge in [-0.05, 0) is 13.8 Å². The molecule has 4 nitrogen and oxygen atoms in total. The molecular weight excluding hydrogens is 196 g/mol. The molecule has 2 heterocycles. The molecule has 82 valence electrons. The van der Waals surface area contributed by atoms with E-state index in [9.17, 15) is 9.59 Å². The summed E-state index contributed by atoms with van der Waals surface area (Å²) >= 11 is 0. The van der Waals surface area contributed by atoms with Crippen molar-refractivity contribution in [1.82, 2.24) is 0 Å². The van der Waals surface area contributed by atoms with E-state index in [1.165, 1.54) is 13.8 Å². The predicted molar refractivity (Wildman–Crippen MR) is 52.1 cm³/mol. The first-order valence-corrected chi connectivity index (χ1v) is 5.06. The van der Waals surface area contributed by atoms with Crippen LogP contribution in [0.1, 0.15) is 13.8 Å². The van der Waals surface area contributed by atoms with Gasteiger partial charge in [0.05, 0.1) is 12.5 Å². The van der Waals surface area contributed by atoms with E-state index in [0.29, 0.717) is 6.61 Å². The third kappa shape index (κ3) is 1.87. The Bertz CT molecular complexity index is 307. The molecule has 1 saturated heterocycles. The van der Waals surface area contributed by atoms with Crippen molar-refractivity contribution in [3.05, 3.63) is 12.2 Å². The fourth-order valence-corrected chi connectivity index (χ4v) is 2.18. The van der Waals surface area contributed by atoms with E-state index in [-0.39, 0.29) is 23.6 Å². The van der Waals surface area contributed by atoms with Crippen LogP contribution in [0, 0.1) is 11.8 Å². The molecule has 1 fully saturated rings. The summed E-state index contributed by atoms with van der Waals surface area (Å²) < 4.78 is 10.9. The third-order valence-electron chi connectivity index (χ3n) is 2.86. The van der Waals surface area contributed by atoms with Crippen LogP contribution in [0.15, 0.2) is 12.2 Å². The molecule has 2 rings (SSSR count). The zero-order chi connectivity index (χ0) is 11.0. The van der Waals surface area contributed by atoms with Crippen molar-refractivity contribution in [3.8, 4) is 0 Å². The summed E-state index contributed by atoms with van der Waals surface area (Å²) in [5, 5.41) is 0.